The number of aromatic nitrogens is 3. The number of rotatable bonds is 4. The second-order valence-electron chi connectivity index (χ2n) is 8.19. The molecule has 3 amide bonds. The van der Waals surface area contributed by atoms with E-state index < -0.39 is 17.5 Å². The van der Waals surface area contributed by atoms with E-state index in [-0.39, 0.29) is 18.0 Å². The summed E-state index contributed by atoms with van der Waals surface area (Å²) < 4.78 is 8.50. The first kappa shape index (κ1) is 18.9. The van der Waals surface area contributed by atoms with Gasteiger partial charge in [-0.3, -0.25) is 14.8 Å². The minimum absolute atomic E-state index is 0.00321. The fourth-order valence-electron chi connectivity index (χ4n) is 3.54. The number of urea groups is 1. The molecule has 0 bridgehead atoms. The first-order chi connectivity index (χ1) is 13.6. The first-order valence-electron chi connectivity index (χ1n) is 9.19. The van der Waals surface area contributed by atoms with Crippen molar-refractivity contribution in [1.82, 2.24) is 25.0 Å². The molecule has 2 aromatic heterocycles. The lowest BCUT2D eigenvalue weighted by Crippen LogP contribution is -2.47. The molecule has 0 spiro atoms. The lowest BCUT2D eigenvalue weighted by molar-refractivity contribution is -0.124. The van der Waals surface area contributed by atoms with E-state index >= 15 is 0 Å². The van der Waals surface area contributed by atoms with Crippen LogP contribution in [0, 0.1) is 0 Å². The molecule has 1 aromatic carbocycles. The number of ether oxygens (including phenoxy) is 1. The lowest BCUT2D eigenvalue weighted by Gasteiger charge is -2.26. The summed E-state index contributed by atoms with van der Waals surface area (Å²) in [6.45, 7) is 5.97. The second kappa shape index (κ2) is 6.26. The molecule has 3 N–H and O–H groups in total. The molecule has 0 aliphatic carbocycles. The van der Waals surface area contributed by atoms with Gasteiger partial charge in [-0.1, -0.05) is 0 Å². The van der Waals surface area contributed by atoms with Crippen molar-refractivity contribution in [2.45, 2.75) is 38.4 Å². The Morgan fingerprint density at radius 3 is 2.59 bits per heavy atom. The van der Waals surface area contributed by atoms with Gasteiger partial charge in [0.25, 0.3) is 5.91 Å². The summed E-state index contributed by atoms with van der Waals surface area (Å²) in [6, 6.07) is 4.75. The van der Waals surface area contributed by atoms with Crippen LogP contribution >= 0.6 is 0 Å². The third-order valence-electron chi connectivity index (χ3n) is 5.18. The van der Waals surface area contributed by atoms with E-state index in [4.69, 9.17) is 4.74 Å². The summed E-state index contributed by atoms with van der Waals surface area (Å²) in [4.78, 5) is 24.9. The average Bonchev–Trinajstić information content (AvgIpc) is 3.33. The van der Waals surface area contributed by atoms with Crippen LogP contribution in [0.4, 0.5) is 4.79 Å². The van der Waals surface area contributed by atoms with Gasteiger partial charge in [-0.25, -0.2) is 4.79 Å². The number of carbonyl (C=O) groups excluding carboxylic acids is 2. The summed E-state index contributed by atoms with van der Waals surface area (Å²) in [5.74, 6) is 0.0970. The largest absolute Gasteiger partial charge is 0.497 e. The van der Waals surface area contributed by atoms with Crippen LogP contribution in [0.1, 0.15) is 26.3 Å². The first-order valence-corrected chi connectivity index (χ1v) is 9.19. The number of methoxy groups -OCH3 is 1. The van der Waals surface area contributed by atoms with Crippen LogP contribution in [0.25, 0.3) is 10.8 Å². The molecule has 1 saturated heterocycles. The van der Waals surface area contributed by atoms with Crippen molar-refractivity contribution in [3.05, 3.63) is 42.4 Å². The van der Waals surface area contributed by atoms with Crippen molar-refractivity contribution >= 4 is 22.7 Å². The maximum atomic E-state index is 12.9. The van der Waals surface area contributed by atoms with Crippen molar-refractivity contribution in [1.29, 1.82) is 0 Å². The van der Waals surface area contributed by atoms with Gasteiger partial charge in [-0.15, -0.1) is 0 Å². The zero-order chi connectivity index (χ0) is 21.0. The number of benzene rings is 1. The molecular formula is C20H23N5O4. The van der Waals surface area contributed by atoms with Crippen molar-refractivity contribution in [3.63, 3.8) is 0 Å². The summed E-state index contributed by atoms with van der Waals surface area (Å²) in [6.07, 6.45) is 5.05. The van der Waals surface area contributed by atoms with Gasteiger partial charge in [0.2, 0.25) is 0 Å². The predicted octanol–water partition coefficient (Wildman–Crippen LogP) is 2.04. The van der Waals surface area contributed by atoms with Crippen LogP contribution in [0.15, 0.2) is 36.8 Å². The van der Waals surface area contributed by atoms with Gasteiger partial charge in [-0.05, 0) is 39.0 Å². The van der Waals surface area contributed by atoms with Crippen LogP contribution in [0.3, 0.4) is 0 Å². The molecule has 1 atom stereocenters. The Labute approximate surface area is 167 Å². The van der Waals surface area contributed by atoms with E-state index in [9.17, 15) is 14.7 Å². The topological polar surface area (TPSA) is 110 Å². The molecule has 1 aliphatic rings. The highest BCUT2D eigenvalue weighted by atomic mass is 16.5. The Kier molecular flexibility index (Phi) is 4.07. The van der Waals surface area contributed by atoms with E-state index in [1.807, 2.05) is 26.8 Å². The molecule has 0 radical (unpaired) electrons. The highest BCUT2D eigenvalue weighted by molar-refractivity contribution is 6.07. The number of carbonyl (C=O) groups is 2. The average molecular weight is 397 g/mol. The third kappa shape index (κ3) is 2.98. The van der Waals surface area contributed by atoms with Gasteiger partial charge in [0.1, 0.15) is 5.75 Å². The minimum Gasteiger partial charge on any atom is -0.497 e. The van der Waals surface area contributed by atoms with E-state index in [0.29, 0.717) is 16.7 Å². The fraction of sp³-hybridized carbons (Fsp3) is 0.350. The molecule has 3 aromatic rings. The van der Waals surface area contributed by atoms with Crippen molar-refractivity contribution in [3.8, 4) is 11.6 Å². The van der Waals surface area contributed by atoms with Gasteiger partial charge >= 0.3 is 6.03 Å². The number of amides is 3. The number of fused-ring (bicyclic) bond motifs is 1. The molecule has 1 aliphatic heterocycles. The molecule has 3 heterocycles. The Bertz CT molecular complexity index is 1120. The summed E-state index contributed by atoms with van der Waals surface area (Å²) >= 11 is 0. The standard InChI is InChI=1S/C20H23N5O4/c1-19(2,3)25-10-13(8-21-25)20(17(27)22-18(28)23-20)11-24-9-12-5-6-14(29-4)7-15(12)16(24)26/h5-10,26H,11H2,1-4H3,(H2,22,23,27,28)/t20-/m0/s1. The zero-order valence-corrected chi connectivity index (χ0v) is 16.7. The Morgan fingerprint density at radius 2 is 2.00 bits per heavy atom. The number of imide groups is 1. The van der Waals surface area contributed by atoms with E-state index in [2.05, 4.69) is 15.7 Å². The number of nitrogens with one attached hydrogen (secondary N) is 2. The van der Waals surface area contributed by atoms with E-state index in [1.165, 1.54) is 0 Å². The zero-order valence-electron chi connectivity index (χ0n) is 16.7. The molecule has 9 heteroatoms. The van der Waals surface area contributed by atoms with Crippen LogP contribution < -0.4 is 15.4 Å². The van der Waals surface area contributed by atoms with Crippen molar-refractivity contribution < 1.29 is 19.4 Å². The van der Waals surface area contributed by atoms with Crippen molar-refractivity contribution in [2.75, 3.05) is 7.11 Å². The van der Waals surface area contributed by atoms with Gasteiger partial charge in [-0.2, -0.15) is 5.10 Å². The summed E-state index contributed by atoms with van der Waals surface area (Å²) in [5.41, 5.74) is -1.15. The monoisotopic (exact) mass is 397 g/mol. The Hall–Kier alpha value is -3.49. The van der Waals surface area contributed by atoms with E-state index in [1.54, 1.807) is 47.1 Å². The molecule has 0 unspecified atom stereocenters. The van der Waals surface area contributed by atoms with Gasteiger partial charge < -0.3 is 19.7 Å². The SMILES string of the molecule is COc1ccc2cn(C[C@@]3(c4cnn(C(C)(C)C)c4)NC(=O)NC3=O)c(O)c2c1. The minimum atomic E-state index is -1.39. The Morgan fingerprint density at radius 1 is 1.24 bits per heavy atom. The normalized spacial score (nSPS) is 19.4. The van der Waals surface area contributed by atoms with Crippen LogP contribution in [-0.4, -0.2) is 38.5 Å². The number of aromatic hydroxyl groups is 1. The molecule has 4 rings (SSSR count). The van der Waals surface area contributed by atoms with Crippen LogP contribution in [0.2, 0.25) is 0 Å². The van der Waals surface area contributed by atoms with Gasteiger partial charge in [0.15, 0.2) is 11.4 Å². The summed E-state index contributed by atoms with van der Waals surface area (Å²) in [5, 5.41) is 21.5. The quantitative estimate of drug-likeness (QED) is 0.584. The third-order valence-corrected chi connectivity index (χ3v) is 5.18. The second-order valence-corrected chi connectivity index (χ2v) is 8.19. The number of hydrogen-bond donors (Lipinski definition) is 3. The van der Waals surface area contributed by atoms with Crippen LogP contribution in [0.5, 0.6) is 11.6 Å². The van der Waals surface area contributed by atoms with Crippen molar-refractivity contribution in [2.24, 2.45) is 0 Å². The molecule has 0 saturated carbocycles. The smallest absolute Gasteiger partial charge is 0.322 e. The highest BCUT2D eigenvalue weighted by Crippen LogP contribution is 2.35. The molecular weight excluding hydrogens is 374 g/mol. The maximum Gasteiger partial charge on any atom is 0.322 e. The van der Waals surface area contributed by atoms with Gasteiger partial charge in [0, 0.05) is 28.7 Å². The highest BCUT2D eigenvalue weighted by Gasteiger charge is 2.49. The molecule has 29 heavy (non-hydrogen) atoms. The van der Waals surface area contributed by atoms with Crippen LogP contribution in [-0.2, 0) is 22.4 Å². The molecule has 152 valence electrons. The summed E-state index contributed by atoms with van der Waals surface area (Å²) in [7, 11) is 1.55. The lowest BCUT2D eigenvalue weighted by atomic mass is 9.92. The number of hydrogen-bond acceptors (Lipinski definition) is 5. The van der Waals surface area contributed by atoms with Gasteiger partial charge in [0.05, 0.1) is 25.4 Å². The Balaban J connectivity index is 1.81. The fourth-order valence-corrected chi connectivity index (χ4v) is 3.54. The predicted molar refractivity (Wildman–Crippen MR) is 106 cm³/mol. The molecule has 9 nitrogen and oxygen atoms in total. The number of nitrogens with zero attached hydrogens (tertiary/aromatic N) is 3. The molecule has 1 fully saturated rings. The van der Waals surface area contributed by atoms with E-state index in [0.717, 1.165) is 5.39 Å². The maximum absolute atomic E-state index is 12.9.